The van der Waals surface area contributed by atoms with E-state index in [1.807, 2.05) is 18.5 Å². The molecule has 1 aliphatic heterocycles. The van der Waals surface area contributed by atoms with Gasteiger partial charge in [0.15, 0.2) is 5.96 Å². The van der Waals surface area contributed by atoms with Gasteiger partial charge in [0, 0.05) is 39.1 Å². The zero-order chi connectivity index (χ0) is 18.2. The standard InChI is InChI=1S/C20H29N5O.HI/c1-20(10-6-14-26-20)16-24-19(21-2)23-15-18-22-11-13-25(18)12-9-17-7-4-3-5-8-17;/h3-5,7-8,11,13H,6,9-10,12,14-16H2,1-2H3,(H2,21,23,24);1H. The van der Waals surface area contributed by atoms with Gasteiger partial charge in [-0.2, -0.15) is 0 Å². The summed E-state index contributed by atoms with van der Waals surface area (Å²) in [7, 11) is 1.79. The molecule has 1 aromatic heterocycles. The average molecular weight is 483 g/mol. The normalized spacial score (nSPS) is 19.6. The molecule has 1 atom stereocenters. The fraction of sp³-hybridized carbons (Fsp3) is 0.500. The maximum absolute atomic E-state index is 5.82. The third kappa shape index (κ3) is 6.49. The third-order valence-electron chi connectivity index (χ3n) is 4.85. The first-order valence-corrected chi connectivity index (χ1v) is 9.31. The molecular formula is C20H30IN5O. The van der Waals surface area contributed by atoms with Crippen LogP contribution in [0.15, 0.2) is 47.7 Å². The van der Waals surface area contributed by atoms with Crippen LogP contribution in [0.1, 0.15) is 31.2 Å². The Kier molecular flexibility index (Phi) is 8.56. The van der Waals surface area contributed by atoms with Crippen molar-refractivity contribution in [1.29, 1.82) is 0 Å². The highest BCUT2D eigenvalue weighted by molar-refractivity contribution is 14.0. The van der Waals surface area contributed by atoms with Crippen molar-refractivity contribution in [3.8, 4) is 0 Å². The first-order chi connectivity index (χ1) is 12.7. The van der Waals surface area contributed by atoms with E-state index in [1.54, 1.807) is 7.05 Å². The predicted molar refractivity (Wildman–Crippen MR) is 120 cm³/mol. The van der Waals surface area contributed by atoms with E-state index in [2.05, 4.69) is 56.4 Å². The highest BCUT2D eigenvalue weighted by Gasteiger charge is 2.29. The van der Waals surface area contributed by atoms with E-state index in [9.17, 15) is 0 Å². The lowest BCUT2D eigenvalue weighted by Gasteiger charge is -2.24. The van der Waals surface area contributed by atoms with E-state index in [-0.39, 0.29) is 29.6 Å². The summed E-state index contributed by atoms with van der Waals surface area (Å²) in [4.78, 5) is 8.78. The number of imidazole rings is 1. The number of aliphatic imine (C=N–C) groups is 1. The van der Waals surface area contributed by atoms with E-state index < -0.39 is 0 Å². The van der Waals surface area contributed by atoms with Crippen molar-refractivity contribution in [3.63, 3.8) is 0 Å². The Morgan fingerprint density at radius 2 is 2.11 bits per heavy atom. The second-order valence-corrected chi connectivity index (χ2v) is 6.95. The lowest BCUT2D eigenvalue weighted by molar-refractivity contribution is 0.0243. The quantitative estimate of drug-likeness (QED) is 0.361. The van der Waals surface area contributed by atoms with Gasteiger partial charge in [-0.25, -0.2) is 4.98 Å². The van der Waals surface area contributed by atoms with Crippen LogP contribution in [-0.2, 0) is 24.2 Å². The smallest absolute Gasteiger partial charge is 0.191 e. The van der Waals surface area contributed by atoms with Crippen LogP contribution in [0.25, 0.3) is 0 Å². The number of halogens is 1. The van der Waals surface area contributed by atoms with Crippen molar-refractivity contribution in [1.82, 2.24) is 20.2 Å². The summed E-state index contributed by atoms with van der Waals surface area (Å²) in [6.45, 7) is 5.31. The van der Waals surface area contributed by atoms with Crippen LogP contribution in [0.3, 0.4) is 0 Å². The highest BCUT2D eigenvalue weighted by atomic mass is 127. The van der Waals surface area contributed by atoms with E-state index in [4.69, 9.17) is 4.74 Å². The molecule has 0 amide bonds. The SMILES string of the molecule is CN=C(NCc1nccn1CCc1ccccc1)NCC1(C)CCCO1.I. The number of hydrogen-bond donors (Lipinski definition) is 2. The average Bonchev–Trinajstić information content (AvgIpc) is 3.30. The minimum Gasteiger partial charge on any atom is -0.373 e. The van der Waals surface area contributed by atoms with Gasteiger partial charge in [-0.1, -0.05) is 30.3 Å². The molecule has 148 valence electrons. The van der Waals surface area contributed by atoms with Gasteiger partial charge in [0.25, 0.3) is 0 Å². The Hall–Kier alpha value is -1.61. The van der Waals surface area contributed by atoms with Crippen LogP contribution in [0.5, 0.6) is 0 Å². The van der Waals surface area contributed by atoms with Crippen molar-refractivity contribution in [2.24, 2.45) is 4.99 Å². The number of nitrogens with zero attached hydrogens (tertiary/aromatic N) is 3. The maximum Gasteiger partial charge on any atom is 0.191 e. The molecule has 0 aliphatic carbocycles. The van der Waals surface area contributed by atoms with Gasteiger partial charge in [0.2, 0.25) is 0 Å². The molecule has 7 heteroatoms. The van der Waals surface area contributed by atoms with Gasteiger partial charge in [-0.3, -0.25) is 4.99 Å². The number of hydrogen-bond acceptors (Lipinski definition) is 3. The molecule has 2 N–H and O–H groups in total. The van der Waals surface area contributed by atoms with Crippen LogP contribution < -0.4 is 10.6 Å². The summed E-state index contributed by atoms with van der Waals surface area (Å²) in [5, 5.41) is 6.72. The number of benzene rings is 1. The number of ether oxygens (including phenoxy) is 1. The van der Waals surface area contributed by atoms with Crippen LogP contribution >= 0.6 is 24.0 Å². The van der Waals surface area contributed by atoms with Gasteiger partial charge < -0.3 is 19.9 Å². The van der Waals surface area contributed by atoms with E-state index in [0.717, 1.165) is 50.7 Å². The number of aryl methyl sites for hydroxylation is 2. The van der Waals surface area contributed by atoms with Gasteiger partial charge in [0.1, 0.15) is 5.82 Å². The summed E-state index contributed by atoms with van der Waals surface area (Å²) >= 11 is 0. The Morgan fingerprint density at radius 3 is 2.81 bits per heavy atom. The van der Waals surface area contributed by atoms with E-state index in [1.165, 1.54) is 5.56 Å². The number of rotatable bonds is 7. The van der Waals surface area contributed by atoms with E-state index >= 15 is 0 Å². The minimum atomic E-state index is -0.0915. The summed E-state index contributed by atoms with van der Waals surface area (Å²) < 4.78 is 8.01. The molecule has 2 aromatic rings. The molecule has 1 saturated heterocycles. The molecule has 1 unspecified atom stereocenters. The molecule has 0 spiro atoms. The lowest BCUT2D eigenvalue weighted by atomic mass is 10.0. The summed E-state index contributed by atoms with van der Waals surface area (Å²) in [6, 6.07) is 10.5. The number of guanidine groups is 1. The van der Waals surface area contributed by atoms with Gasteiger partial charge in [0.05, 0.1) is 12.1 Å². The highest BCUT2D eigenvalue weighted by Crippen LogP contribution is 2.23. The topological polar surface area (TPSA) is 63.5 Å². The zero-order valence-corrected chi connectivity index (χ0v) is 18.5. The Morgan fingerprint density at radius 1 is 1.30 bits per heavy atom. The fourth-order valence-electron chi connectivity index (χ4n) is 3.24. The van der Waals surface area contributed by atoms with Crippen LogP contribution in [-0.4, -0.2) is 41.3 Å². The molecule has 3 rings (SSSR count). The zero-order valence-electron chi connectivity index (χ0n) is 16.1. The number of nitrogens with one attached hydrogen (secondary N) is 2. The largest absolute Gasteiger partial charge is 0.373 e. The Labute approximate surface area is 178 Å². The molecule has 1 aromatic carbocycles. The van der Waals surface area contributed by atoms with Crippen molar-refractivity contribution < 1.29 is 4.74 Å². The van der Waals surface area contributed by atoms with Crippen molar-refractivity contribution in [3.05, 3.63) is 54.1 Å². The van der Waals surface area contributed by atoms with Gasteiger partial charge in [-0.15, -0.1) is 24.0 Å². The first-order valence-electron chi connectivity index (χ1n) is 9.31. The molecule has 27 heavy (non-hydrogen) atoms. The first kappa shape index (κ1) is 21.7. The lowest BCUT2D eigenvalue weighted by Crippen LogP contribution is -2.45. The predicted octanol–water partition coefficient (Wildman–Crippen LogP) is 2.98. The summed E-state index contributed by atoms with van der Waals surface area (Å²) in [5.41, 5.74) is 1.24. The van der Waals surface area contributed by atoms with Crippen molar-refractivity contribution >= 4 is 29.9 Å². The molecule has 1 fully saturated rings. The van der Waals surface area contributed by atoms with E-state index in [0.29, 0.717) is 6.54 Å². The molecule has 0 radical (unpaired) electrons. The maximum atomic E-state index is 5.82. The summed E-state index contributed by atoms with van der Waals surface area (Å²) in [6.07, 6.45) is 7.09. The van der Waals surface area contributed by atoms with Crippen molar-refractivity contribution in [2.45, 2.75) is 44.9 Å². The second-order valence-electron chi connectivity index (χ2n) is 6.95. The van der Waals surface area contributed by atoms with Gasteiger partial charge >= 0.3 is 0 Å². The van der Waals surface area contributed by atoms with Crippen LogP contribution in [0.4, 0.5) is 0 Å². The third-order valence-corrected chi connectivity index (χ3v) is 4.85. The molecular weight excluding hydrogens is 453 g/mol. The summed E-state index contributed by atoms with van der Waals surface area (Å²) in [5.74, 6) is 1.78. The molecule has 2 heterocycles. The molecule has 6 nitrogen and oxygen atoms in total. The molecule has 0 bridgehead atoms. The molecule has 1 aliphatic rings. The van der Waals surface area contributed by atoms with Crippen molar-refractivity contribution in [2.75, 3.05) is 20.2 Å². The molecule has 0 saturated carbocycles. The van der Waals surface area contributed by atoms with Crippen LogP contribution in [0.2, 0.25) is 0 Å². The van der Waals surface area contributed by atoms with Crippen LogP contribution in [0, 0.1) is 0 Å². The Bertz CT molecular complexity index is 710. The van der Waals surface area contributed by atoms with Gasteiger partial charge in [-0.05, 0) is 31.7 Å². The number of aromatic nitrogens is 2. The Balaban J connectivity index is 0.00000261. The monoisotopic (exact) mass is 483 g/mol. The fourth-order valence-corrected chi connectivity index (χ4v) is 3.24. The second kappa shape index (κ2) is 10.7. The minimum absolute atomic E-state index is 0.